The van der Waals surface area contributed by atoms with Crippen LogP contribution >= 0.6 is 15.9 Å². The van der Waals surface area contributed by atoms with Crippen LogP contribution in [-0.4, -0.2) is 16.1 Å². The fourth-order valence-corrected chi connectivity index (χ4v) is 1.94. The topological polar surface area (TPSA) is 83.8 Å². The van der Waals surface area contributed by atoms with Crippen LogP contribution < -0.4 is 11.1 Å². The molecule has 0 atom stereocenters. The Balaban J connectivity index is 2.24. The monoisotopic (exact) mass is 348 g/mol. The van der Waals surface area contributed by atoms with Gasteiger partial charge in [0, 0.05) is 16.2 Å². The number of anilines is 2. The second-order valence-corrected chi connectivity index (χ2v) is 4.71. The summed E-state index contributed by atoms with van der Waals surface area (Å²) in [5, 5.41) is 8.24. The van der Waals surface area contributed by atoms with E-state index in [1.54, 1.807) is 0 Å². The second kappa shape index (κ2) is 5.16. The predicted octanol–water partition coefficient (Wildman–Crippen LogP) is 3.03. The first-order chi connectivity index (χ1) is 9.27. The zero-order chi connectivity index (χ0) is 14.9. The summed E-state index contributed by atoms with van der Waals surface area (Å²) in [6.45, 7) is 0. The summed E-state index contributed by atoms with van der Waals surface area (Å²) >= 11 is 2.82. The van der Waals surface area contributed by atoms with Crippen molar-refractivity contribution in [3.8, 4) is 0 Å². The van der Waals surface area contributed by atoms with Crippen LogP contribution in [0.15, 0.2) is 28.7 Å². The van der Waals surface area contributed by atoms with Crippen LogP contribution in [0.25, 0.3) is 0 Å². The van der Waals surface area contributed by atoms with Gasteiger partial charge in [0.05, 0.1) is 5.56 Å². The van der Waals surface area contributed by atoms with Gasteiger partial charge < -0.3 is 11.1 Å². The molecule has 0 aliphatic rings. The zero-order valence-electron chi connectivity index (χ0n) is 9.75. The third-order valence-electron chi connectivity index (χ3n) is 2.37. The minimum Gasteiger partial charge on any atom is -0.382 e. The number of alkyl halides is 3. The van der Waals surface area contributed by atoms with Gasteiger partial charge in [0.15, 0.2) is 0 Å². The maximum Gasteiger partial charge on any atom is 0.417 e. The Morgan fingerprint density at radius 3 is 2.60 bits per heavy atom. The lowest BCUT2D eigenvalue weighted by molar-refractivity contribution is -0.138. The number of nitrogens with zero attached hydrogens (tertiary/aromatic N) is 1. The molecule has 0 saturated carbocycles. The molecule has 0 saturated heterocycles. The molecule has 1 amide bonds. The van der Waals surface area contributed by atoms with Gasteiger partial charge in [-0.25, -0.2) is 0 Å². The van der Waals surface area contributed by atoms with Gasteiger partial charge in [-0.1, -0.05) is 15.9 Å². The number of H-pyrrole nitrogens is 1. The molecule has 1 aromatic heterocycles. The van der Waals surface area contributed by atoms with E-state index in [9.17, 15) is 18.0 Å². The SMILES string of the molecule is Nc1cc(C(=O)Nc2ccc(Br)c(C(F)(F)F)c2)[nH]n1. The largest absolute Gasteiger partial charge is 0.417 e. The standard InChI is InChI=1S/C11H8BrF3N4O/c12-7-2-1-5(3-6(7)11(13,14)15)17-10(20)8-4-9(16)19-18-8/h1-4H,(H,17,20)(H3,16,18,19). The predicted molar refractivity (Wildman–Crippen MR) is 70.1 cm³/mol. The first-order valence-corrected chi connectivity index (χ1v) is 6.05. The van der Waals surface area contributed by atoms with Crippen LogP contribution in [0.5, 0.6) is 0 Å². The van der Waals surface area contributed by atoms with Crippen molar-refractivity contribution in [2.75, 3.05) is 11.1 Å². The molecule has 0 aliphatic heterocycles. The van der Waals surface area contributed by atoms with Gasteiger partial charge in [0.2, 0.25) is 0 Å². The Morgan fingerprint density at radius 2 is 2.05 bits per heavy atom. The highest BCUT2D eigenvalue weighted by Gasteiger charge is 2.33. The number of rotatable bonds is 2. The number of benzene rings is 1. The Labute approximate surface area is 119 Å². The quantitative estimate of drug-likeness (QED) is 0.779. The molecule has 0 radical (unpaired) electrons. The van der Waals surface area contributed by atoms with Crippen molar-refractivity contribution in [2.45, 2.75) is 6.18 Å². The minimum atomic E-state index is -4.52. The van der Waals surface area contributed by atoms with Crippen LogP contribution in [-0.2, 0) is 6.18 Å². The molecule has 9 heteroatoms. The van der Waals surface area contributed by atoms with Crippen molar-refractivity contribution in [2.24, 2.45) is 0 Å². The molecule has 5 nitrogen and oxygen atoms in total. The highest BCUT2D eigenvalue weighted by atomic mass is 79.9. The summed E-state index contributed by atoms with van der Waals surface area (Å²) in [5.41, 5.74) is 4.53. The highest BCUT2D eigenvalue weighted by molar-refractivity contribution is 9.10. The fourth-order valence-electron chi connectivity index (χ4n) is 1.47. The van der Waals surface area contributed by atoms with E-state index in [1.807, 2.05) is 0 Å². The number of hydrogen-bond donors (Lipinski definition) is 3. The number of aromatic amines is 1. The number of nitrogens with one attached hydrogen (secondary N) is 2. The molecule has 0 fully saturated rings. The smallest absolute Gasteiger partial charge is 0.382 e. The van der Waals surface area contributed by atoms with Gasteiger partial charge in [-0.2, -0.15) is 18.3 Å². The molecule has 1 aromatic carbocycles. The highest BCUT2D eigenvalue weighted by Crippen LogP contribution is 2.36. The van der Waals surface area contributed by atoms with E-state index in [0.29, 0.717) is 0 Å². The van der Waals surface area contributed by atoms with Gasteiger partial charge in [-0.15, -0.1) is 0 Å². The average Bonchev–Trinajstić information content (AvgIpc) is 2.77. The number of nitrogen functional groups attached to an aromatic ring is 1. The van der Waals surface area contributed by atoms with Gasteiger partial charge in [0.25, 0.3) is 5.91 Å². The van der Waals surface area contributed by atoms with E-state index < -0.39 is 17.6 Å². The lowest BCUT2D eigenvalue weighted by Gasteiger charge is -2.11. The van der Waals surface area contributed by atoms with Crippen LogP contribution in [0.3, 0.4) is 0 Å². The number of nitrogens with two attached hydrogens (primary N) is 1. The third-order valence-corrected chi connectivity index (χ3v) is 3.06. The lowest BCUT2D eigenvalue weighted by Crippen LogP contribution is -2.14. The maximum absolute atomic E-state index is 12.7. The second-order valence-electron chi connectivity index (χ2n) is 3.85. The summed E-state index contributed by atoms with van der Waals surface area (Å²) in [7, 11) is 0. The molecular weight excluding hydrogens is 341 g/mol. The van der Waals surface area contributed by atoms with Crippen LogP contribution in [0, 0.1) is 0 Å². The summed E-state index contributed by atoms with van der Waals surface area (Å²) in [5.74, 6) is -0.522. The summed E-state index contributed by atoms with van der Waals surface area (Å²) in [6, 6.07) is 4.66. The van der Waals surface area contributed by atoms with E-state index in [2.05, 4.69) is 31.4 Å². The Hall–Kier alpha value is -2.03. The molecule has 2 rings (SSSR count). The number of carbonyl (C=O) groups excluding carboxylic acids is 1. The van der Waals surface area contributed by atoms with Crippen molar-refractivity contribution in [3.05, 3.63) is 40.0 Å². The first kappa shape index (κ1) is 14.4. The van der Waals surface area contributed by atoms with Crippen molar-refractivity contribution in [1.82, 2.24) is 10.2 Å². The Bertz CT molecular complexity index is 653. The molecule has 4 N–H and O–H groups in total. The summed E-state index contributed by atoms with van der Waals surface area (Å²) in [6.07, 6.45) is -4.52. The maximum atomic E-state index is 12.7. The van der Waals surface area contributed by atoms with Crippen LogP contribution in [0.2, 0.25) is 0 Å². The fraction of sp³-hybridized carbons (Fsp3) is 0.0909. The molecular formula is C11H8BrF3N4O. The van der Waals surface area contributed by atoms with Gasteiger partial charge >= 0.3 is 6.18 Å². The van der Waals surface area contributed by atoms with Gasteiger partial charge in [-0.05, 0) is 18.2 Å². The van der Waals surface area contributed by atoms with Crippen LogP contribution in [0.4, 0.5) is 24.7 Å². The van der Waals surface area contributed by atoms with Crippen molar-refractivity contribution >= 4 is 33.3 Å². The number of halogens is 4. The molecule has 2 aromatic rings. The number of carbonyl (C=O) groups is 1. The van der Waals surface area contributed by atoms with Crippen molar-refractivity contribution < 1.29 is 18.0 Å². The molecule has 1 heterocycles. The first-order valence-electron chi connectivity index (χ1n) is 5.26. The van der Waals surface area contributed by atoms with Gasteiger partial charge in [0.1, 0.15) is 11.5 Å². The minimum absolute atomic E-state index is 0.0127. The van der Waals surface area contributed by atoms with Crippen molar-refractivity contribution in [1.29, 1.82) is 0 Å². The Morgan fingerprint density at radius 1 is 1.35 bits per heavy atom. The van der Waals surface area contributed by atoms with Gasteiger partial charge in [-0.3, -0.25) is 9.89 Å². The number of aromatic nitrogens is 2. The normalized spacial score (nSPS) is 11.4. The summed E-state index contributed by atoms with van der Waals surface area (Å²) < 4.78 is 38.0. The molecule has 106 valence electrons. The van der Waals surface area contributed by atoms with Crippen LogP contribution in [0.1, 0.15) is 16.1 Å². The molecule has 0 spiro atoms. The average molecular weight is 349 g/mol. The molecule has 0 bridgehead atoms. The zero-order valence-corrected chi connectivity index (χ0v) is 11.3. The Kier molecular flexibility index (Phi) is 3.71. The number of hydrogen-bond acceptors (Lipinski definition) is 3. The molecule has 20 heavy (non-hydrogen) atoms. The molecule has 0 unspecified atom stereocenters. The lowest BCUT2D eigenvalue weighted by atomic mass is 10.2. The summed E-state index contributed by atoms with van der Waals surface area (Å²) in [4.78, 5) is 11.7. The third kappa shape index (κ3) is 3.10. The van der Waals surface area contributed by atoms with E-state index in [4.69, 9.17) is 5.73 Å². The van der Waals surface area contributed by atoms with E-state index in [1.165, 1.54) is 18.2 Å². The van der Waals surface area contributed by atoms with E-state index in [-0.39, 0.29) is 21.7 Å². The van der Waals surface area contributed by atoms with Crippen molar-refractivity contribution in [3.63, 3.8) is 0 Å². The number of amides is 1. The van der Waals surface area contributed by atoms with E-state index in [0.717, 1.165) is 6.07 Å². The molecule has 0 aliphatic carbocycles. The van der Waals surface area contributed by atoms with E-state index >= 15 is 0 Å².